The molecular weight excluding hydrogens is 480 g/mol. The summed E-state index contributed by atoms with van der Waals surface area (Å²) in [6.07, 6.45) is -4.66. The van der Waals surface area contributed by atoms with Gasteiger partial charge >= 0.3 is 23.9 Å². The van der Waals surface area contributed by atoms with Crippen LogP contribution in [-0.4, -0.2) is 87.7 Å². The highest BCUT2D eigenvalue weighted by molar-refractivity contribution is 5.94. The van der Waals surface area contributed by atoms with Crippen LogP contribution in [0.4, 0.5) is 0 Å². The Kier molecular flexibility index (Phi) is 4.41. The summed E-state index contributed by atoms with van der Waals surface area (Å²) >= 11 is 0. The van der Waals surface area contributed by atoms with E-state index in [4.69, 9.17) is 28.8 Å². The minimum Gasteiger partial charge on any atom is -0.478 e. The highest BCUT2D eigenvalue weighted by atomic mass is 16.8. The lowest BCUT2D eigenvalue weighted by Crippen LogP contribution is -2.67. The molecule has 4 heterocycles. The van der Waals surface area contributed by atoms with Gasteiger partial charge in [0.2, 0.25) is 11.9 Å². The predicted molar refractivity (Wildman–Crippen MR) is 113 cm³/mol. The summed E-state index contributed by atoms with van der Waals surface area (Å²) in [5.74, 6) is -5.50. The molecule has 6 aliphatic rings. The Morgan fingerprint density at radius 2 is 1.86 bits per heavy atom. The van der Waals surface area contributed by atoms with Gasteiger partial charge in [-0.1, -0.05) is 26.8 Å². The average Bonchev–Trinajstić information content (AvgIpc) is 3.48. The second kappa shape index (κ2) is 6.66. The molecule has 11 atom stereocenters. The number of rotatable bonds is 4. The van der Waals surface area contributed by atoms with Crippen LogP contribution in [-0.2, 0) is 42.9 Å². The molecular formula is C24H28O12. The molecule has 0 aromatic heterocycles. The fraction of sp³-hybridized carbons (Fsp3) is 0.750. The number of fused-ring (bicyclic) bond motifs is 1. The van der Waals surface area contributed by atoms with Crippen LogP contribution in [0.2, 0.25) is 0 Å². The van der Waals surface area contributed by atoms with Crippen LogP contribution in [0.5, 0.6) is 0 Å². The number of hydrogen-bond donors (Lipinski definition) is 3. The van der Waals surface area contributed by atoms with Crippen molar-refractivity contribution in [1.82, 2.24) is 0 Å². The second-order valence-electron chi connectivity index (χ2n) is 11.7. The molecule has 12 heteroatoms. The van der Waals surface area contributed by atoms with Crippen molar-refractivity contribution in [2.45, 2.75) is 76.0 Å². The third kappa shape index (κ3) is 2.08. The van der Waals surface area contributed by atoms with E-state index < -0.39 is 93.9 Å². The topological polar surface area (TPSA) is 175 Å². The third-order valence-corrected chi connectivity index (χ3v) is 9.59. The van der Waals surface area contributed by atoms with Crippen LogP contribution >= 0.6 is 0 Å². The summed E-state index contributed by atoms with van der Waals surface area (Å²) in [5, 5.41) is 32.9. The van der Waals surface area contributed by atoms with Crippen LogP contribution in [0, 0.1) is 28.1 Å². The molecule has 2 saturated carbocycles. The van der Waals surface area contributed by atoms with Gasteiger partial charge in [-0.05, 0) is 24.7 Å². The molecule has 4 aliphatic heterocycles. The Balaban J connectivity index is 1.60. The van der Waals surface area contributed by atoms with E-state index in [-0.39, 0.29) is 13.0 Å². The van der Waals surface area contributed by atoms with Gasteiger partial charge in [0.1, 0.15) is 12.2 Å². The van der Waals surface area contributed by atoms with Crippen molar-refractivity contribution in [3.05, 3.63) is 12.2 Å². The normalized spacial score (nSPS) is 52.2. The summed E-state index contributed by atoms with van der Waals surface area (Å²) in [6.45, 7) is 6.88. The van der Waals surface area contributed by atoms with Gasteiger partial charge in [-0.2, -0.15) is 0 Å². The first-order chi connectivity index (χ1) is 16.7. The fourth-order valence-electron chi connectivity index (χ4n) is 8.60. The number of hydrogen-bond acceptors (Lipinski definition) is 11. The number of carbonyl (C=O) groups excluding carboxylic acids is 3. The molecule has 0 radical (unpaired) electrons. The second-order valence-corrected chi connectivity index (χ2v) is 11.7. The van der Waals surface area contributed by atoms with Crippen LogP contribution in [0.25, 0.3) is 0 Å². The summed E-state index contributed by atoms with van der Waals surface area (Å²) < 4.78 is 29.1. The highest BCUT2D eigenvalue weighted by Crippen LogP contribution is 2.84. The molecule has 2 aliphatic carbocycles. The zero-order chi connectivity index (χ0) is 26.2. The molecule has 36 heavy (non-hydrogen) atoms. The Hall–Kier alpha value is -2.54. The van der Waals surface area contributed by atoms with E-state index in [1.54, 1.807) is 0 Å². The van der Waals surface area contributed by atoms with Crippen molar-refractivity contribution in [1.29, 1.82) is 0 Å². The fourth-order valence-corrected chi connectivity index (χ4v) is 8.60. The smallest absolute Gasteiger partial charge is 0.343 e. The maximum Gasteiger partial charge on any atom is 0.343 e. The molecule has 12 nitrogen and oxygen atoms in total. The van der Waals surface area contributed by atoms with Crippen molar-refractivity contribution in [3.8, 4) is 0 Å². The largest absolute Gasteiger partial charge is 0.478 e. The van der Waals surface area contributed by atoms with Gasteiger partial charge in [0.15, 0.2) is 17.8 Å². The first-order valence-electron chi connectivity index (χ1n) is 11.9. The van der Waals surface area contributed by atoms with Gasteiger partial charge in [0.05, 0.1) is 23.4 Å². The lowest BCUT2D eigenvalue weighted by atomic mass is 9.51. The van der Waals surface area contributed by atoms with Crippen molar-refractivity contribution < 1.29 is 58.2 Å². The van der Waals surface area contributed by atoms with Gasteiger partial charge in [-0.3, -0.25) is 4.79 Å². The highest BCUT2D eigenvalue weighted by Gasteiger charge is 3.04. The summed E-state index contributed by atoms with van der Waals surface area (Å²) in [7, 11) is 0. The maximum atomic E-state index is 13.7. The Labute approximate surface area is 205 Å². The zero-order valence-electron chi connectivity index (χ0n) is 20.1. The predicted octanol–water partition coefficient (Wildman–Crippen LogP) is -0.704. The van der Waals surface area contributed by atoms with E-state index in [2.05, 4.69) is 0 Å². The summed E-state index contributed by atoms with van der Waals surface area (Å²) in [4.78, 5) is 50.4. The Morgan fingerprint density at radius 3 is 2.50 bits per heavy atom. The summed E-state index contributed by atoms with van der Waals surface area (Å²) in [6, 6.07) is 0. The molecule has 6 fully saturated rings. The van der Waals surface area contributed by atoms with Crippen molar-refractivity contribution in [2.24, 2.45) is 28.1 Å². The lowest BCUT2D eigenvalue weighted by molar-refractivity contribution is -0.240. The maximum absolute atomic E-state index is 13.7. The van der Waals surface area contributed by atoms with Crippen molar-refractivity contribution in [2.75, 3.05) is 6.61 Å². The summed E-state index contributed by atoms with van der Waals surface area (Å²) in [5.41, 5.74) is -8.38. The minimum absolute atomic E-state index is 0.209. The molecule has 2 spiro atoms. The first-order valence-corrected chi connectivity index (χ1v) is 11.9. The lowest BCUT2D eigenvalue weighted by Gasteiger charge is -2.48. The zero-order valence-corrected chi connectivity index (χ0v) is 20.1. The van der Waals surface area contributed by atoms with Gasteiger partial charge in [-0.25, -0.2) is 14.4 Å². The number of carboxylic acid groups (broad SMARTS) is 1. The van der Waals surface area contributed by atoms with Crippen molar-refractivity contribution >= 4 is 23.9 Å². The number of aliphatic hydroxyl groups excluding tert-OH is 1. The standard InChI is InChI=1S/C24H28O12/c1-9-16(28)34-14-13(27)22-11-8-10(20(2,3)4)21(22)15(32-7-5-6-12(25)26)17(29)35-19(21)36-24(22,18(30)33-11)23(9,14)31/h5-6,9-11,13-15,19,27,31H,7-8H2,1-4H3,(H,25,26)/b6-5+/t9?,10?,11?,13-,14-,15-,19-,21?,22-,23+,24+/m0/s1. The average molecular weight is 508 g/mol. The Morgan fingerprint density at radius 1 is 1.17 bits per heavy atom. The van der Waals surface area contributed by atoms with E-state index in [1.807, 2.05) is 20.8 Å². The molecule has 6 rings (SSSR count). The molecule has 0 aromatic rings. The molecule has 4 saturated heterocycles. The Bertz CT molecular complexity index is 1120. The van der Waals surface area contributed by atoms with Crippen LogP contribution in [0.3, 0.4) is 0 Å². The number of carbonyl (C=O) groups is 4. The van der Waals surface area contributed by atoms with Gasteiger partial charge in [0, 0.05) is 6.08 Å². The number of esters is 3. The van der Waals surface area contributed by atoms with Gasteiger partial charge in [-0.15, -0.1) is 0 Å². The molecule has 0 amide bonds. The molecule has 196 valence electrons. The third-order valence-electron chi connectivity index (χ3n) is 9.59. The monoisotopic (exact) mass is 508 g/mol. The molecule has 0 aromatic carbocycles. The van der Waals surface area contributed by atoms with E-state index in [1.165, 1.54) is 13.0 Å². The van der Waals surface area contributed by atoms with Crippen LogP contribution in [0.1, 0.15) is 34.1 Å². The van der Waals surface area contributed by atoms with E-state index >= 15 is 0 Å². The van der Waals surface area contributed by atoms with E-state index in [0.717, 1.165) is 6.08 Å². The molecule has 0 bridgehead atoms. The van der Waals surface area contributed by atoms with E-state index in [9.17, 15) is 29.4 Å². The van der Waals surface area contributed by atoms with E-state index in [0.29, 0.717) is 0 Å². The number of ether oxygens (including phenoxy) is 5. The van der Waals surface area contributed by atoms with Crippen LogP contribution < -0.4 is 0 Å². The van der Waals surface area contributed by atoms with Gasteiger partial charge in [0.25, 0.3) is 0 Å². The van der Waals surface area contributed by atoms with Gasteiger partial charge < -0.3 is 39.0 Å². The number of aliphatic carboxylic acids is 1. The quantitative estimate of drug-likeness (QED) is 0.248. The molecule has 3 N–H and O–H groups in total. The number of carboxylic acids is 1. The van der Waals surface area contributed by atoms with Crippen molar-refractivity contribution in [3.63, 3.8) is 0 Å². The molecule has 4 unspecified atom stereocenters. The first kappa shape index (κ1) is 23.8. The minimum atomic E-state index is -2.29. The van der Waals surface area contributed by atoms with Crippen LogP contribution in [0.15, 0.2) is 12.2 Å². The SMILES string of the molecule is CC1C(=O)O[C@H]2[C@H](O)[C@@]34C5CC(C(C)(C)C)C36[C@@H](OC(=O)[C@@H]6OC/C=C/C(=O)O)O[C@@]4(C(=O)O5)[C@@]12O. The number of aliphatic hydroxyl groups is 2.